The molecule has 1 fully saturated rings. The number of hydrogen-bond donors (Lipinski definition) is 0. The van der Waals surface area contributed by atoms with Gasteiger partial charge in [-0.15, -0.1) is 0 Å². The van der Waals surface area contributed by atoms with Crippen LogP contribution >= 0.6 is 0 Å². The Hall–Kier alpha value is -1.72. The van der Waals surface area contributed by atoms with Crippen molar-refractivity contribution in [3.63, 3.8) is 0 Å². The van der Waals surface area contributed by atoms with Gasteiger partial charge in [0, 0.05) is 13.0 Å². The van der Waals surface area contributed by atoms with Gasteiger partial charge in [0.15, 0.2) is 6.29 Å². The maximum atomic E-state index is 6.36. The van der Waals surface area contributed by atoms with Crippen molar-refractivity contribution >= 4 is 0 Å². The summed E-state index contributed by atoms with van der Waals surface area (Å²) in [5.41, 5.74) is 2.28. The highest BCUT2D eigenvalue weighted by atomic mass is 16.7. The van der Waals surface area contributed by atoms with Crippen molar-refractivity contribution in [1.29, 1.82) is 0 Å². The third-order valence-electron chi connectivity index (χ3n) is 5.21. The first kappa shape index (κ1) is 20.0. The lowest BCUT2D eigenvalue weighted by atomic mass is 9.89. The Balaban J connectivity index is 1.73. The zero-order chi connectivity index (χ0) is 19.1. The normalized spacial score (nSPS) is 28.2. The Morgan fingerprint density at radius 2 is 1.33 bits per heavy atom. The van der Waals surface area contributed by atoms with Crippen molar-refractivity contribution < 1.29 is 18.9 Å². The summed E-state index contributed by atoms with van der Waals surface area (Å²) in [6.07, 6.45) is 0.190. The minimum Gasteiger partial charge on any atom is -0.370 e. The molecular formula is C23H30O4. The number of benzene rings is 2. The highest BCUT2D eigenvalue weighted by Gasteiger charge is 2.45. The lowest BCUT2D eigenvalue weighted by Gasteiger charge is -2.44. The summed E-state index contributed by atoms with van der Waals surface area (Å²) < 4.78 is 24.4. The quantitative estimate of drug-likeness (QED) is 0.682. The van der Waals surface area contributed by atoms with Crippen LogP contribution in [-0.2, 0) is 32.2 Å². The average Bonchev–Trinajstić information content (AvgIpc) is 2.73. The van der Waals surface area contributed by atoms with Crippen LogP contribution in [0, 0.1) is 5.92 Å². The van der Waals surface area contributed by atoms with E-state index in [1.54, 1.807) is 7.11 Å². The first-order chi connectivity index (χ1) is 13.2. The smallest absolute Gasteiger partial charge is 0.186 e. The summed E-state index contributed by atoms with van der Waals surface area (Å²) in [6, 6.07) is 20.4. The molecule has 1 unspecified atom stereocenters. The van der Waals surface area contributed by atoms with Crippen molar-refractivity contribution in [3.8, 4) is 0 Å². The molecule has 3 rings (SSSR count). The lowest BCUT2D eigenvalue weighted by Crippen LogP contribution is -2.56. The average molecular weight is 370 g/mol. The van der Waals surface area contributed by atoms with Crippen LogP contribution in [0.25, 0.3) is 0 Å². The molecule has 146 valence electrons. The van der Waals surface area contributed by atoms with Crippen molar-refractivity contribution in [2.75, 3.05) is 7.11 Å². The molecule has 1 aliphatic heterocycles. The van der Waals surface area contributed by atoms with Crippen LogP contribution in [0.15, 0.2) is 60.7 Å². The summed E-state index contributed by atoms with van der Waals surface area (Å²) in [5, 5.41) is 0. The Morgan fingerprint density at radius 1 is 0.815 bits per heavy atom. The molecule has 0 saturated carbocycles. The lowest BCUT2D eigenvalue weighted by molar-refractivity contribution is -0.297. The van der Waals surface area contributed by atoms with Gasteiger partial charge in [0.05, 0.1) is 25.4 Å². The van der Waals surface area contributed by atoms with Gasteiger partial charge in [-0.3, -0.25) is 0 Å². The van der Waals surface area contributed by atoms with Crippen LogP contribution in [0.3, 0.4) is 0 Å². The van der Waals surface area contributed by atoms with Gasteiger partial charge in [0.1, 0.15) is 6.10 Å². The zero-order valence-corrected chi connectivity index (χ0v) is 16.4. The molecule has 0 N–H and O–H groups in total. The molecule has 0 aliphatic carbocycles. The maximum absolute atomic E-state index is 6.36. The SMILES string of the molecule is CCC1O[C@@H](OC)[C@H](OCc2ccccc2)[C@@H](OCc2ccccc2)[C@@H]1C. The highest BCUT2D eigenvalue weighted by molar-refractivity contribution is 5.14. The molecule has 1 aliphatic rings. The van der Waals surface area contributed by atoms with Crippen LogP contribution in [0.4, 0.5) is 0 Å². The third-order valence-corrected chi connectivity index (χ3v) is 5.21. The maximum Gasteiger partial charge on any atom is 0.186 e. The van der Waals surface area contributed by atoms with E-state index in [0.717, 1.165) is 17.5 Å². The predicted octanol–water partition coefficient (Wildman–Crippen LogP) is 4.57. The second-order valence-electron chi connectivity index (χ2n) is 7.07. The summed E-state index contributed by atoms with van der Waals surface area (Å²) in [5.74, 6) is 0.214. The number of methoxy groups -OCH3 is 1. The first-order valence-electron chi connectivity index (χ1n) is 9.72. The Morgan fingerprint density at radius 3 is 1.81 bits per heavy atom. The molecular weight excluding hydrogens is 340 g/mol. The number of rotatable bonds is 8. The van der Waals surface area contributed by atoms with Gasteiger partial charge >= 0.3 is 0 Å². The molecule has 0 aromatic heterocycles. The van der Waals surface area contributed by atoms with Crippen LogP contribution in [0.5, 0.6) is 0 Å². The van der Waals surface area contributed by atoms with E-state index in [2.05, 4.69) is 38.1 Å². The Labute approximate surface area is 162 Å². The molecule has 1 saturated heterocycles. The van der Waals surface area contributed by atoms with E-state index in [0.29, 0.717) is 13.2 Å². The monoisotopic (exact) mass is 370 g/mol. The molecule has 1 heterocycles. The fraction of sp³-hybridized carbons (Fsp3) is 0.478. The molecule has 0 bridgehead atoms. The molecule has 0 radical (unpaired) electrons. The van der Waals surface area contributed by atoms with Crippen LogP contribution in [0.1, 0.15) is 31.4 Å². The standard InChI is InChI=1S/C23H30O4/c1-4-20-17(2)21(25-15-18-11-7-5-8-12-18)22(23(24-3)27-20)26-16-19-13-9-6-10-14-19/h5-14,17,20-23H,4,15-16H2,1-3H3/t17-,20?,21+,22-,23-/m1/s1. The van der Waals surface area contributed by atoms with Crippen molar-refractivity contribution in [2.24, 2.45) is 5.92 Å². The molecule has 4 nitrogen and oxygen atoms in total. The summed E-state index contributed by atoms with van der Waals surface area (Å²) in [6.45, 7) is 5.36. The summed E-state index contributed by atoms with van der Waals surface area (Å²) >= 11 is 0. The van der Waals surface area contributed by atoms with E-state index in [9.17, 15) is 0 Å². The van der Waals surface area contributed by atoms with Crippen LogP contribution < -0.4 is 0 Å². The largest absolute Gasteiger partial charge is 0.370 e. The molecule has 0 amide bonds. The topological polar surface area (TPSA) is 36.9 Å². The highest BCUT2D eigenvalue weighted by Crippen LogP contribution is 2.33. The summed E-state index contributed by atoms with van der Waals surface area (Å²) in [7, 11) is 1.67. The number of hydrogen-bond acceptors (Lipinski definition) is 4. The second kappa shape index (κ2) is 10.00. The molecule has 5 atom stereocenters. The molecule has 0 spiro atoms. The molecule has 27 heavy (non-hydrogen) atoms. The van der Waals surface area contributed by atoms with E-state index in [1.807, 2.05) is 36.4 Å². The summed E-state index contributed by atoms with van der Waals surface area (Å²) in [4.78, 5) is 0. The fourth-order valence-corrected chi connectivity index (χ4v) is 3.65. The van der Waals surface area contributed by atoms with Crippen LogP contribution in [0.2, 0.25) is 0 Å². The molecule has 2 aromatic rings. The minimum absolute atomic E-state index is 0.0901. The molecule has 2 aromatic carbocycles. The zero-order valence-electron chi connectivity index (χ0n) is 16.4. The van der Waals surface area contributed by atoms with Gasteiger partial charge in [-0.1, -0.05) is 74.5 Å². The van der Waals surface area contributed by atoms with Gasteiger partial charge < -0.3 is 18.9 Å². The Bertz CT molecular complexity index is 661. The Kier molecular flexibility index (Phi) is 7.41. The van der Waals surface area contributed by atoms with E-state index in [1.165, 1.54) is 0 Å². The van der Waals surface area contributed by atoms with Gasteiger partial charge in [-0.25, -0.2) is 0 Å². The van der Waals surface area contributed by atoms with E-state index in [-0.39, 0.29) is 24.2 Å². The van der Waals surface area contributed by atoms with Crippen molar-refractivity contribution in [3.05, 3.63) is 71.8 Å². The predicted molar refractivity (Wildman–Crippen MR) is 105 cm³/mol. The van der Waals surface area contributed by atoms with Crippen molar-refractivity contribution in [2.45, 2.75) is 58.1 Å². The van der Waals surface area contributed by atoms with E-state index >= 15 is 0 Å². The minimum atomic E-state index is -0.435. The van der Waals surface area contributed by atoms with Crippen molar-refractivity contribution in [1.82, 2.24) is 0 Å². The van der Waals surface area contributed by atoms with Gasteiger partial charge in [0.25, 0.3) is 0 Å². The van der Waals surface area contributed by atoms with Gasteiger partial charge in [-0.2, -0.15) is 0 Å². The second-order valence-corrected chi connectivity index (χ2v) is 7.07. The first-order valence-corrected chi connectivity index (χ1v) is 9.72. The van der Waals surface area contributed by atoms with Crippen LogP contribution in [-0.4, -0.2) is 31.7 Å². The number of ether oxygens (including phenoxy) is 4. The van der Waals surface area contributed by atoms with E-state index in [4.69, 9.17) is 18.9 Å². The molecule has 4 heteroatoms. The van der Waals surface area contributed by atoms with Gasteiger partial charge in [0.2, 0.25) is 0 Å². The third kappa shape index (κ3) is 5.17. The van der Waals surface area contributed by atoms with Gasteiger partial charge in [-0.05, 0) is 17.5 Å². The van der Waals surface area contributed by atoms with E-state index < -0.39 is 6.29 Å². The fourth-order valence-electron chi connectivity index (χ4n) is 3.65.